The smallest absolute Gasteiger partial charge is 0.0417 e. The highest BCUT2D eigenvalue weighted by Crippen LogP contribution is 2.25. The zero-order valence-corrected chi connectivity index (χ0v) is 11.8. The van der Waals surface area contributed by atoms with E-state index in [4.69, 9.17) is 0 Å². The molecule has 0 aliphatic rings. The molecule has 15 heavy (non-hydrogen) atoms. The van der Waals surface area contributed by atoms with Crippen molar-refractivity contribution in [2.75, 3.05) is 0 Å². The molecule has 0 aromatic rings. The zero-order valence-electron chi connectivity index (χ0n) is 11.8. The Kier molecular flexibility index (Phi) is 8.19. The Balaban J connectivity index is 3.65. The lowest BCUT2D eigenvalue weighted by molar-refractivity contribution is 0.302. The first kappa shape index (κ1) is 15.0. The second-order valence-corrected chi connectivity index (χ2v) is 5.79. The van der Waals surface area contributed by atoms with E-state index in [1.807, 2.05) is 0 Å². The highest BCUT2D eigenvalue weighted by atomic mass is 14.2. The van der Waals surface area contributed by atoms with Gasteiger partial charge in [0.1, 0.15) is 0 Å². The molecule has 0 saturated heterocycles. The van der Waals surface area contributed by atoms with E-state index in [0.29, 0.717) is 0 Å². The Morgan fingerprint density at radius 2 is 1.27 bits per heavy atom. The molecular formula is C15H32. The van der Waals surface area contributed by atoms with Gasteiger partial charge in [0.25, 0.3) is 0 Å². The molecule has 0 spiro atoms. The van der Waals surface area contributed by atoms with E-state index in [9.17, 15) is 0 Å². The third-order valence-corrected chi connectivity index (χ3v) is 4.23. The van der Waals surface area contributed by atoms with Gasteiger partial charge < -0.3 is 0 Å². The molecule has 0 aliphatic heterocycles. The maximum atomic E-state index is 2.43. The second kappa shape index (κ2) is 8.19. The predicted molar refractivity (Wildman–Crippen MR) is 71.1 cm³/mol. The summed E-state index contributed by atoms with van der Waals surface area (Å²) in [6, 6.07) is 0. The van der Waals surface area contributed by atoms with E-state index < -0.39 is 0 Å². The van der Waals surface area contributed by atoms with E-state index >= 15 is 0 Å². The molecule has 0 saturated carbocycles. The molecule has 0 rings (SSSR count). The molecule has 0 amide bonds. The largest absolute Gasteiger partial charge is 0.0651 e. The first-order valence-corrected chi connectivity index (χ1v) is 7.01. The fourth-order valence-electron chi connectivity index (χ4n) is 2.21. The van der Waals surface area contributed by atoms with Crippen molar-refractivity contribution in [3.05, 3.63) is 0 Å². The van der Waals surface area contributed by atoms with Crippen molar-refractivity contribution in [1.29, 1.82) is 0 Å². The van der Waals surface area contributed by atoms with Crippen LogP contribution in [0.5, 0.6) is 0 Å². The predicted octanol–water partition coefficient (Wildman–Crippen LogP) is 5.52. The summed E-state index contributed by atoms with van der Waals surface area (Å²) in [4.78, 5) is 0. The van der Waals surface area contributed by atoms with Crippen LogP contribution in [-0.4, -0.2) is 0 Å². The van der Waals surface area contributed by atoms with Crippen LogP contribution in [-0.2, 0) is 0 Å². The Hall–Kier alpha value is 0. The fraction of sp³-hybridized carbons (Fsp3) is 1.00. The third kappa shape index (κ3) is 6.98. The Labute approximate surface area is 97.8 Å². The van der Waals surface area contributed by atoms with Gasteiger partial charge in [-0.1, -0.05) is 67.2 Å². The van der Waals surface area contributed by atoms with Crippen molar-refractivity contribution < 1.29 is 0 Å². The summed E-state index contributed by atoms with van der Waals surface area (Å²) >= 11 is 0. The molecule has 0 aromatic carbocycles. The van der Waals surface area contributed by atoms with E-state index in [1.165, 1.54) is 32.1 Å². The first-order chi connectivity index (χ1) is 7.01. The summed E-state index contributed by atoms with van der Waals surface area (Å²) in [5.74, 6) is 3.65. The lowest BCUT2D eigenvalue weighted by atomic mass is 9.85. The molecule has 0 N–H and O–H groups in total. The van der Waals surface area contributed by atoms with Crippen LogP contribution in [0, 0.1) is 23.7 Å². The van der Waals surface area contributed by atoms with E-state index in [0.717, 1.165) is 23.7 Å². The van der Waals surface area contributed by atoms with Crippen molar-refractivity contribution in [1.82, 2.24) is 0 Å². The summed E-state index contributed by atoms with van der Waals surface area (Å²) in [6.07, 6.45) is 6.94. The second-order valence-electron chi connectivity index (χ2n) is 5.79. The molecule has 4 atom stereocenters. The van der Waals surface area contributed by atoms with Gasteiger partial charge in [0.05, 0.1) is 0 Å². The molecular weight excluding hydrogens is 180 g/mol. The van der Waals surface area contributed by atoms with Crippen LogP contribution < -0.4 is 0 Å². The summed E-state index contributed by atoms with van der Waals surface area (Å²) < 4.78 is 0. The van der Waals surface area contributed by atoms with Crippen molar-refractivity contribution in [3.8, 4) is 0 Å². The van der Waals surface area contributed by atoms with Gasteiger partial charge in [-0.25, -0.2) is 0 Å². The molecule has 0 fully saturated rings. The van der Waals surface area contributed by atoms with Crippen molar-refractivity contribution in [3.63, 3.8) is 0 Å². The maximum Gasteiger partial charge on any atom is -0.0417 e. The van der Waals surface area contributed by atoms with Gasteiger partial charge in [0.15, 0.2) is 0 Å². The van der Waals surface area contributed by atoms with Gasteiger partial charge >= 0.3 is 0 Å². The minimum Gasteiger partial charge on any atom is -0.0651 e. The van der Waals surface area contributed by atoms with Crippen LogP contribution >= 0.6 is 0 Å². The summed E-state index contributed by atoms with van der Waals surface area (Å²) in [6.45, 7) is 14.2. The summed E-state index contributed by atoms with van der Waals surface area (Å²) in [5, 5.41) is 0. The van der Waals surface area contributed by atoms with Gasteiger partial charge in [0.2, 0.25) is 0 Å². The topological polar surface area (TPSA) is 0 Å². The lowest BCUT2D eigenvalue weighted by Gasteiger charge is -2.21. The van der Waals surface area contributed by atoms with Crippen LogP contribution in [0.15, 0.2) is 0 Å². The van der Waals surface area contributed by atoms with Crippen LogP contribution in [0.2, 0.25) is 0 Å². The van der Waals surface area contributed by atoms with Gasteiger partial charge in [0, 0.05) is 0 Å². The average Bonchev–Trinajstić information content (AvgIpc) is 2.24. The van der Waals surface area contributed by atoms with E-state index in [-0.39, 0.29) is 0 Å². The minimum absolute atomic E-state index is 0.904. The molecule has 0 nitrogen and oxygen atoms in total. The molecule has 0 bridgehead atoms. The summed E-state index contributed by atoms with van der Waals surface area (Å²) in [7, 11) is 0. The van der Waals surface area contributed by atoms with Gasteiger partial charge in [-0.15, -0.1) is 0 Å². The molecule has 92 valence electrons. The molecule has 0 aromatic heterocycles. The monoisotopic (exact) mass is 212 g/mol. The number of hydrogen-bond acceptors (Lipinski definition) is 0. The first-order valence-electron chi connectivity index (χ1n) is 7.01. The van der Waals surface area contributed by atoms with Crippen LogP contribution in [0.3, 0.4) is 0 Å². The molecule has 0 heterocycles. The molecule has 0 heteroatoms. The van der Waals surface area contributed by atoms with E-state index in [1.54, 1.807) is 0 Å². The number of hydrogen-bond donors (Lipinski definition) is 0. The molecule has 0 radical (unpaired) electrons. The minimum atomic E-state index is 0.904. The Bertz CT molecular complexity index is 139. The van der Waals surface area contributed by atoms with Crippen LogP contribution in [0.25, 0.3) is 0 Å². The standard InChI is InChI=1S/C15H32/c1-7-12(3)11-13(4)9-10-15(6)14(5)8-2/h12-15H,7-11H2,1-6H3. The van der Waals surface area contributed by atoms with Gasteiger partial charge in [-0.05, 0) is 30.1 Å². The average molecular weight is 212 g/mol. The summed E-state index contributed by atoms with van der Waals surface area (Å²) in [5.41, 5.74) is 0. The quantitative estimate of drug-likeness (QED) is 0.497. The van der Waals surface area contributed by atoms with Crippen molar-refractivity contribution in [2.24, 2.45) is 23.7 Å². The third-order valence-electron chi connectivity index (χ3n) is 4.23. The highest BCUT2D eigenvalue weighted by molar-refractivity contribution is 4.64. The maximum absolute atomic E-state index is 2.43. The normalized spacial score (nSPS) is 19.6. The molecule has 4 unspecified atom stereocenters. The zero-order chi connectivity index (χ0) is 11.8. The fourth-order valence-corrected chi connectivity index (χ4v) is 2.21. The highest BCUT2D eigenvalue weighted by Gasteiger charge is 2.13. The van der Waals surface area contributed by atoms with Crippen LogP contribution in [0.1, 0.15) is 73.6 Å². The van der Waals surface area contributed by atoms with Crippen LogP contribution in [0.4, 0.5) is 0 Å². The Morgan fingerprint density at radius 1 is 0.667 bits per heavy atom. The number of rotatable bonds is 8. The van der Waals surface area contributed by atoms with Crippen molar-refractivity contribution in [2.45, 2.75) is 73.6 Å². The SMILES string of the molecule is CCC(C)CC(C)CCC(C)C(C)CC. The van der Waals surface area contributed by atoms with Crippen molar-refractivity contribution >= 4 is 0 Å². The Morgan fingerprint density at radius 3 is 1.73 bits per heavy atom. The lowest BCUT2D eigenvalue weighted by Crippen LogP contribution is -2.10. The van der Waals surface area contributed by atoms with Gasteiger partial charge in [-0.3, -0.25) is 0 Å². The van der Waals surface area contributed by atoms with Gasteiger partial charge in [-0.2, -0.15) is 0 Å². The van der Waals surface area contributed by atoms with E-state index in [2.05, 4.69) is 41.5 Å². The molecule has 0 aliphatic carbocycles.